The highest BCUT2D eigenvalue weighted by molar-refractivity contribution is 5.93. The molecule has 4 rings (SSSR count). The maximum Gasteiger partial charge on any atom is 0.272 e. The Hall–Kier alpha value is -3.28. The zero-order valence-electron chi connectivity index (χ0n) is 17.7. The fourth-order valence-corrected chi connectivity index (χ4v) is 3.86. The molecule has 0 saturated heterocycles. The smallest absolute Gasteiger partial charge is 0.272 e. The highest BCUT2D eigenvalue weighted by Crippen LogP contribution is 2.36. The number of nitrogens with zero attached hydrogens (tertiary/aromatic N) is 3. The van der Waals surface area contributed by atoms with E-state index >= 15 is 0 Å². The summed E-state index contributed by atoms with van der Waals surface area (Å²) in [5.74, 6) is 1.43. The van der Waals surface area contributed by atoms with E-state index in [2.05, 4.69) is 24.2 Å². The number of para-hydroxylation sites is 1. The minimum atomic E-state index is -0.0322. The standard InChI is InChI=1S/C24H27N3O3/c1-17-14-21(26(3)25-17)24(28)27(18(2)12-13-19-8-5-4-6-9-19)15-20-10-7-11-22-23(20)30-16-29-22/h4-11,14,18H,12-13,15-16H2,1-3H3/t18-/m0/s1. The van der Waals surface area contributed by atoms with Gasteiger partial charge in [-0.05, 0) is 44.4 Å². The molecule has 2 heterocycles. The summed E-state index contributed by atoms with van der Waals surface area (Å²) in [7, 11) is 1.81. The van der Waals surface area contributed by atoms with E-state index in [0.29, 0.717) is 12.2 Å². The zero-order chi connectivity index (χ0) is 21.1. The molecule has 0 N–H and O–H groups in total. The van der Waals surface area contributed by atoms with Crippen LogP contribution in [0.25, 0.3) is 0 Å². The molecule has 2 aromatic carbocycles. The normalized spacial score (nSPS) is 13.3. The van der Waals surface area contributed by atoms with Crippen LogP contribution in [0.3, 0.4) is 0 Å². The second-order valence-electron chi connectivity index (χ2n) is 7.75. The van der Waals surface area contributed by atoms with E-state index in [1.54, 1.807) is 4.68 Å². The first-order valence-electron chi connectivity index (χ1n) is 10.3. The highest BCUT2D eigenvalue weighted by atomic mass is 16.7. The van der Waals surface area contributed by atoms with Gasteiger partial charge in [-0.3, -0.25) is 9.48 Å². The van der Waals surface area contributed by atoms with Crippen LogP contribution in [0.5, 0.6) is 11.5 Å². The van der Waals surface area contributed by atoms with Crippen LogP contribution in [0, 0.1) is 6.92 Å². The van der Waals surface area contributed by atoms with Crippen LogP contribution in [0.1, 0.15) is 40.7 Å². The predicted molar refractivity (Wildman–Crippen MR) is 115 cm³/mol. The van der Waals surface area contributed by atoms with Gasteiger partial charge in [0.15, 0.2) is 11.5 Å². The van der Waals surface area contributed by atoms with Crippen molar-refractivity contribution in [3.8, 4) is 11.5 Å². The highest BCUT2D eigenvalue weighted by Gasteiger charge is 2.27. The van der Waals surface area contributed by atoms with E-state index in [1.807, 2.05) is 61.3 Å². The van der Waals surface area contributed by atoms with E-state index in [9.17, 15) is 4.79 Å². The Kier molecular flexibility index (Phi) is 5.74. The third-order valence-electron chi connectivity index (χ3n) is 5.53. The quantitative estimate of drug-likeness (QED) is 0.593. The molecule has 0 bridgehead atoms. The molecule has 156 valence electrons. The number of benzene rings is 2. The van der Waals surface area contributed by atoms with Gasteiger partial charge in [0.05, 0.1) is 12.2 Å². The van der Waals surface area contributed by atoms with Gasteiger partial charge in [-0.2, -0.15) is 5.10 Å². The van der Waals surface area contributed by atoms with Crippen molar-refractivity contribution in [2.24, 2.45) is 7.05 Å². The maximum atomic E-state index is 13.5. The van der Waals surface area contributed by atoms with Gasteiger partial charge in [-0.15, -0.1) is 0 Å². The minimum Gasteiger partial charge on any atom is -0.454 e. The van der Waals surface area contributed by atoms with E-state index in [0.717, 1.165) is 35.6 Å². The first-order chi connectivity index (χ1) is 14.5. The van der Waals surface area contributed by atoms with Crippen molar-refractivity contribution < 1.29 is 14.3 Å². The molecule has 6 nitrogen and oxygen atoms in total. The summed E-state index contributed by atoms with van der Waals surface area (Å²) in [6, 6.07) is 18.1. The Labute approximate surface area is 177 Å². The van der Waals surface area contributed by atoms with Gasteiger partial charge in [-0.25, -0.2) is 0 Å². The molecular formula is C24H27N3O3. The number of hydrogen-bond donors (Lipinski definition) is 0. The summed E-state index contributed by atoms with van der Waals surface area (Å²) in [6.45, 7) is 4.66. The van der Waals surface area contributed by atoms with Gasteiger partial charge in [-0.1, -0.05) is 42.5 Å². The minimum absolute atomic E-state index is 0.0322. The number of ether oxygens (including phenoxy) is 2. The fraction of sp³-hybridized carbons (Fsp3) is 0.333. The van der Waals surface area contributed by atoms with Crippen molar-refractivity contribution in [1.82, 2.24) is 14.7 Å². The van der Waals surface area contributed by atoms with Gasteiger partial charge >= 0.3 is 0 Å². The van der Waals surface area contributed by atoms with E-state index in [-0.39, 0.29) is 18.7 Å². The summed E-state index contributed by atoms with van der Waals surface area (Å²) in [4.78, 5) is 15.4. The Morgan fingerprint density at radius 3 is 2.70 bits per heavy atom. The van der Waals surface area contributed by atoms with Crippen molar-refractivity contribution in [2.75, 3.05) is 6.79 Å². The van der Waals surface area contributed by atoms with Crippen LogP contribution in [0.15, 0.2) is 54.6 Å². The molecule has 0 radical (unpaired) electrons. The molecule has 3 aromatic rings. The number of amides is 1. The van der Waals surface area contributed by atoms with Gasteiger partial charge in [0.2, 0.25) is 6.79 Å². The van der Waals surface area contributed by atoms with E-state index < -0.39 is 0 Å². The first kappa shape index (κ1) is 20.0. The summed E-state index contributed by atoms with van der Waals surface area (Å²) in [5.41, 5.74) is 3.63. The van der Waals surface area contributed by atoms with Gasteiger partial charge in [0, 0.05) is 18.7 Å². The Balaban J connectivity index is 1.60. The Morgan fingerprint density at radius 2 is 1.97 bits per heavy atom. The van der Waals surface area contributed by atoms with Crippen molar-refractivity contribution >= 4 is 5.91 Å². The second-order valence-corrected chi connectivity index (χ2v) is 7.75. The number of hydrogen-bond acceptors (Lipinski definition) is 4. The molecule has 1 amide bonds. The predicted octanol–water partition coefficient (Wildman–Crippen LogP) is 4.12. The Morgan fingerprint density at radius 1 is 1.17 bits per heavy atom. The summed E-state index contributed by atoms with van der Waals surface area (Å²) in [6.07, 6.45) is 1.77. The molecule has 1 aliphatic heterocycles. The van der Waals surface area contributed by atoms with Gasteiger partial charge < -0.3 is 14.4 Å². The third kappa shape index (κ3) is 4.17. The number of aromatic nitrogens is 2. The molecule has 1 aliphatic rings. The molecule has 0 aliphatic carbocycles. The molecule has 0 spiro atoms. The average molecular weight is 405 g/mol. The number of carbonyl (C=O) groups excluding carboxylic acids is 1. The topological polar surface area (TPSA) is 56.6 Å². The lowest BCUT2D eigenvalue weighted by Crippen LogP contribution is -2.39. The van der Waals surface area contributed by atoms with Crippen LogP contribution in [0.4, 0.5) is 0 Å². The third-order valence-corrected chi connectivity index (χ3v) is 5.53. The average Bonchev–Trinajstić information content (AvgIpc) is 3.36. The van der Waals surface area contributed by atoms with Crippen LogP contribution >= 0.6 is 0 Å². The lowest BCUT2D eigenvalue weighted by atomic mass is 10.0. The van der Waals surface area contributed by atoms with Gasteiger partial charge in [0.25, 0.3) is 5.91 Å². The SMILES string of the molecule is Cc1cc(C(=O)N(Cc2cccc3c2OCO3)[C@@H](C)CCc2ccccc2)n(C)n1. The van der Waals surface area contributed by atoms with E-state index in [1.165, 1.54) is 5.56 Å². The molecule has 0 unspecified atom stereocenters. The van der Waals surface area contributed by atoms with Crippen LogP contribution in [-0.2, 0) is 20.0 Å². The molecule has 0 fully saturated rings. The first-order valence-corrected chi connectivity index (χ1v) is 10.3. The lowest BCUT2D eigenvalue weighted by molar-refractivity contribution is 0.0654. The van der Waals surface area contributed by atoms with Crippen molar-refractivity contribution in [3.63, 3.8) is 0 Å². The fourth-order valence-electron chi connectivity index (χ4n) is 3.86. The number of aryl methyl sites for hydroxylation is 3. The molecule has 30 heavy (non-hydrogen) atoms. The monoisotopic (exact) mass is 405 g/mol. The lowest BCUT2D eigenvalue weighted by Gasteiger charge is -2.30. The molecule has 6 heteroatoms. The Bertz CT molecular complexity index is 1030. The van der Waals surface area contributed by atoms with Gasteiger partial charge in [0.1, 0.15) is 5.69 Å². The van der Waals surface area contributed by atoms with Crippen LogP contribution in [0.2, 0.25) is 0 Å². The largest absolute Gasteiger partial charge is 0.454 e. The van der Waals surface area contributed by atoms with E-state index in [4.69, 9.17) is 9.47 Å². The molecular weight excluding hydrogens is 378 g/mol. The zero-order valence-corrected chi connectivity index (χ0v) is 17.7. The number of carbonyl (C=O) groups is 1. The molecule has 0 saturated carbocycles. The van der Waals surface area contributed by atoms with Crippen LogP contribution < -0.4 is 9.47 Å². The van der Waals surface area contributed by atoms with Crippen molar-refractivity contribution in [1.29, 1.82) is 0 Å². The number of rotatable bonds is 7. The summed E-state index contributed by atoms with van der Waals surface area (Å²) >= 11 is 0. The number of fused-ring (bicyclic) bond motifs is 1. The summed E-state index contributed by atoms with van der Waals surface area (Å²) in [5, 5.41) is 4.36. The molecule has 1 aromatic heterocycles. The van der Waals surface area contributed by atoms with Crippen molar-refractivity contribution in [3.05, 3.63) is 77.1 Å². The van der Waals surface area contributed by atoms with Crippen LogP contribution in [-0.4, -0.2) is 33.4 Å². The second kappa shape index (κ2) is 8.61. The summed E-state index contributed by atoms with van der Waals surface area (Å²) < 4.78 is 12.8. The van der Waals surface area contributed by atoms with Crippen molar-refractivity contribution in [2.45, 2.75) is 39.3 Å². The maximum absolute atomic E-state index is 13.5. The molecule has 1 atom stereocenters.